The fourth-order valence-corrected chi connectivity index (χ4v) is 1.06. The Bertz CT molecular complexity index is 297. The number of hydrogen-bond donors (Lipinski definition) is 0. The molecule has 0 heterocycles. The van der Waals surface area contributed by atoms with Crippen molar-refractivity contribution in [1.29, 1.82) is 0 Å². The topological polar surface area (TPSA) is 124 Å². The van der Waals surface area contributed by atoms with Gasteiger partial charge in [0.25, 0.3) is 0 Å². The maximum atomic E-state index is 10.4. The molecule has 0 aliphatic carbocycles. The molecular weight excluding hydrogens is 328 g/mol. The maximum absolute atomic E-state index is 10.4. The predicted molar refractivity (Wildman–Crippen MR) is 70.7 cm³/mol. The molecule has 0 aliphatic rings. The van der Waals surface area contributed by atoms with Crippen LogP contribution in [0.2, 0.25) is 0 Å². The predicted octanol–water partition coefficient (Wildman–Crippen LogP) is -0.524. The average Bonchev–Trinajstić information content (AvgIpc) is 2.38. The molecule has 0 fully saturated rings. The first-order valence-corrected chi connectivity index (χ1v) is 7.60. The quantitative estimate of drug-likeness (QED) is 0.404. The van der Waals surface area contributed by atoms with Crippen molar-refractivity contribution < 1.29 is 53.5 Å². The SMILES string of the molecule is CCCC(=O)CC(=O)[O-].CCCC(=O)CC(=O)[O-].CC[O][Ti+2]. The Morgan fingerprint density at radius 3 is 1.23 bits per heavy atom. The molecule has 0 saturated carbocycles. The van der Waals surface area contributed by atoms with E-state index in [1.165, 1.54) is 0 Å². The van der Waals surface area contributed by atoms with E-state index in [9.17, 15) is 29.4 Å². The van der Waals surface area contributed by atoms with Gasteiger partial charge in [0.2, 0.25) is 0 Å². The van der Waals surface area contributed by atoms with Crippen LogP contribution in [0.4, 0.5) is 0 Å². The Balaban J connectivity index is -0.000000266. The van der Waals surface area contributed by atoms with E-state index in [4.69, 9.17) is 0 Å². The normalized spacial score (nSPS) is 8.77. The summed E-state index contributed by atoms with van der Waals surface area (Å²) >= 11 is 1.68. The molecule has 0 radical (unpaired) electrons. The monoisotopic (exact) mass is 351 g/mol. The van der Waals surface area contributed by atoms with Crippen LogP contribution in [-0.2, 0) is 43.3 Å². The van der Waals surface area contributed by atoms with Crippen molar-refractivity contribution in [3.63, 3.8) is 0 Å². The Morgan fingerprint density at radius 1 is 0.818 bits per heavy atom. The first-order valence-electron chi connectivity index (χ1n) is 6.96. The zero-order chi connectivity index (χ0) is 18.0. The molecule has 7 nitrogen and oxygen atoms in total. The minimum atomic E-state index is -1.28. The summed E-state index contributed by atoms with van der Waals surface area (Å²) in [6.07, 6.45) is 1.21. The van der Waals surface area contributed by atoms with Crippen LogP contribution in [0.3, 0.4) is 0 Å². The molecule has 0 atom stereocenters. The summed E-state index contributed by atoms with van der Waals surface area (Å²) in [4.78, 5) is 40.4. The van der Waals surface area contributed by atoms with Crippen molar-refractivity contribution in [2.75, 3.05) is 6.61 Å². The van der Waals surface area contributed by atoms with Crippen LogP contribution < -0.4 is 10.2 Å². The molecule has 0 aliphatic heterocycles. The van der Waals surface area contributed by atoms with E-state index in [-0.39, 0.29) is 11.6 Å². The molecule has 0 saturated heterocycles. The van der Waals surface area contributed by atoms with Crippen LogP contribution in [0.1, 0.15) is 59.3 Å². The van der Waals surface area contributed by atoms with E-state index in [0.717, 1.165) is 6.61 Å². The fourth-order valence-electron chi connectivity index (χ4n) is 1.06. The van der Waals surface area contributed by atoms with Gasteiger partial charge in [-0.3, -0.25) is 9.59 Å². The van der Waals surface area contributed by atoms with Crippen LogP contribution >= 0.6 is 0 Å². The third-order valence-corrected chi connectivity index (χ3v) is 2.34. The van der Waals surface area contributed by atoms with Crippen molar-refractivity contribution in [2.24, 2.45) is 0 Å². The van der Waals surface area contributed by atoms with Crippen LogP contribution in [0, 0.1) is 0 Å². The van der Waals surface area contributed by atoms with Crippen LogP contribution in [0.15, 0.2) is 0 Å². The number of carbonyl (C=O) groups excluding carboxylic acids is 4. The molecule has 0 N–H and O–H groups in total. The van der Waals surface area contributed by atoms with Gasteiger partial charge in [-0.1, -0.05) is 13.8 Å². The number of carboxylic acids is 2. The van der Waals surface area contributed by atoms with Crippen LogP contribution in [0.25, 0.3) is 0 Å². The first kappa shape index (κ1) is 25.9. The van der Waals surface area contributed by atoms with E-state index in [0.29, 0.717) is 25.7 Å². The molecule has 22 heavy (non-hydrogen) atoms. The number of carbonyl (C=O) groups is 4. The number of ketones is 2. The molecule has 0 unspecified atom stereocenters. The molecular formula is C14H23O7Ti. The number of carboxylic acid groups (broad SMARTS) is 2. The molecule has 0 bridgehead atoms. The van der Waals surface area contributed by atoms with Crippen LogP contribution in [0.5, 0.6) is 0 Å². The Morgan fingerprint density at radius 2 is 1.09 bits per heavy atom. The second-order valence-corrected chi connectivity index (χ2v) is 4.56. The van der Waals surface area contributed by atoms with Crippen molar-refractivity contribution in [3.05, 3.63) is 0 Å². The summed E-state index contributed by atoms with van der Waals surface area (Å²) in [6, 6.07) is 0. The zero-order valence-electron chi connectivity index (χ0n) is 13.3. The minimum absolute atomic E-state index is 0.252. The Kier molecular flexibility index (Phi) is 23.5. The molecule has 0 aromatic rings. The third kappa shape index (κ3) is 31.4. The fraction of sp³-hybridized carbons (Fsp3) is 0.714. The van der Waals surface area contributed by atoms with Gasteiger partial charge in [0.15, 0.2) is 0 Å². The summed E-state index contributed by atoms with van der Waals surface area (Å²) in [5.74, 6) is -3.07. The summed E-state index contributed by atoms with van der Waals surface area (Å²) in [5.41, 5.74) is 0. The molecule has 0 spiro atoms. The molecule has 0 amide bonds. The summed E-state index contributed by atoms with van der Waals surface area (Å²) in [5, 5.41) is 19.5. The van der Waals surface area contributed by atoms with E-state index >= 15 is 0 Å². The van der Waals surface area contributed by atoms with Gasteiger partial charge in [-0.2, -0.15) is 0 Å². The first-order chi connectivity index (χ1) is 10.2. The number of rotatable bonds is 9. The number of Topliss-reactive ketones (excluding diaryl/α,β-unsaturated/α-hetero) is 2. The van der Waals surface area contributed by atoms with Crippen molar-refractivity contribution in [3.8, 4) is 0 Å². The van der Waals surface area contributed by atoms with E-state index in [1.807, 2.05) is 20.8 Å². The Labute approximate surface area is 143 Å². The van der Waals surface area contributed by atoms with Gasteiger partial charge in [0.1, 0.15) is 11.6 Å². The van der Waals surface area contributed by atoms with Crippen LogP contribution in [-0.4, -0.2) is 30.1 Å². The van der Waals surface area contributed by atoms with E-state index in [2.05, 4.69) is 3.32 Å². The van der Waals surface area contributed by atoms with Gasteiger partial charge in [-0.25, -0.2) is 0 Å². The Hall–Kier alpha value is -1.05. The summed E-state index contributed by atoms with van der Waals surface area (Å²) in [6.45, 7) is 6.43. The molecule has 0 aromatic carbocycles. The third-order valence-electron chi connectivity index (χ3n) is 1.89. The van der Waals surface area contributed by atoms with Gasteiger partial charge in [-0.05, 0) is 12.8 Å². The average molecular weight is 351 g/mol. The standard InChI is InChI=1S/2C6H10O3.C2H5O.Ti/c2*1-2-3-5(7)4-6(8)9;1-2-3;/h2*2-4H2,1H3,(H,8,9);2H2,1H3;/q;;-1;+3/p-2. The zero-order valence-corrected chi connectivity index (χ0v) is 14.9. The van der Waals surface area contributed by atoms with Gasteiger partial charge >= 0.3 is 37.7 Å². The van der Waals surface area contributed by atoms with Gasteiger partial charge in [-0.15, -0.1) is 0 Å². The molecule has 0 aromatic heterocycles. The van der Waals surface area contributed by atoms with Crippen molar-refractivity contribution in [1.82, 2.24) is 0 Å². The van der Waals surface area contributed by atoms with Gasteiger partial charge < -0.3 is 19.8 Å². The van der Waals surface area contributed by atoms with Crippen molar-refractivity contribution >= 4 is 23.5 Å². The number of hydrogen-bond acceptors (Lipinski definition) is 7. The van der Waals surface area contributed by atoms with E-state index in [1.54, 1.807) is 20.8 Å². The van der Waals surface area contributed by atoms with E-state index < -0.39 is 24.8 Å². The number of aliphatic carboxylic acids is 2. The second-order valence-electron chi connectivity index (χ2n) is 4.11. The van der Waals surface area contributed by atoms with Gasteiger partial charge in [0.05, 0.1) is 0 Å². The van der Waals surface area contributed by atoms with Crippen molar-refractivity contribution in [2.45, 2.75) is 59.3 Å². The molecule has 125 valence electrons. The summed E-state index contributed by atoms with van der Waals surface area (Å²) < 4.78 is 4.54. The van der Waals surface area contributed by atoms with Gasteiger partial charge in [0, 0.05) is 37.6 Å². The molecule has 8 heteroatoms. The molecule has 0 rings (SSSR count). The second kappa shape index (κ2) is 20.0. The summed E-state index contributed by atoms with van der Waals surface area (Å²) in [7, 11) is 0.